The lowest BCUT2D eigenvalue weighted by atomic mass is 9.98. The van der Waals surface area contributed by atoms with Gasteiger partial charge in [0.05, 0.1) is 0 Å². The van der Waals surface area contributed by atoms with Crippen LogP contribution < -0.4 is 11.1 Å². The molecule has 0 bridgehead atoms. The van der Waals surface area contributed by atoms with E-state index in [1.807, 2.05) is 0 Å². The van der Waals surface area contributed by atoms with Crippen molar-refractivity contribution in [3.8, 4) is 0 Å². The number of carboxylic acids is 1. The number of aliphatic hydroxyl groups excluding tert-OH is 2. The molecule has 0 aromatic heterocycles. The highest BCUT2D eigenvalue weighted by molar-refractivity contribution is 5.97. The standard InChI is InChI=1S/C12H14N2O6/c13-11(19)10(18)9(17)6-3-1-2-4-7(6)12(20)14-5-8(15)16/h1-4,9-10,17-18H,5H2,(H2,13,19)(H,14,20)(H,15,16). The van der Waals surface area contributed by atoms with Crippen LogP contribution in [0.1, 0.15) is 22.0 Å². The zero-order valence-corrected chi connectivity index (χ0v) is 10.3. The number of rotatable bonds is 6. The third kappa shape index (κ3) is 3.77. The van der Waals surface area contributed by atoms with E-state index in [9.17, 15) is 24.6 Å². The first-order valence-electron chi connectivity index (χ1n) is 5.59. The summed E-state index contributed by atoms with van der Waals surface area (Å²) in [5.41, 5.74) is 4.79. The lowest BCUT2D eigenvalue weighted by Gasteiger charge is -2.18. The van der Waals surface area contributed by atoms with E-state index in [0.717, 1.165) is 0 Å². The Bertz CT molecular complexity index is 530. The molecule has 20 heavy (non-hydrogen) atoms. The van der Waals surface area contributed by atoms with Crippen LogP contribution in [0.5, 0.6) is 0 Å². The number of aliphatic carboxylic acids is 1. The summed E-state index contributed by atoms with van der Waals surface area (Å²) in [5, 5.41) is 29.8. The quantitative estimate of drug-likeness (QED) is 0.423. The number of aliphatic hydroxyl groups is 2. The molecule has 8 nitrogen and oxygen atoms in total. The molecule has 0 heterocycles. The molecule has 0 saturated carbocycles. The summed E-state index contributed by atoms with van der Waals surface area (Å²) in [4.78, 5) is 33.0. The fourth-order valence-corrected chi connectivity index (χ4v) is 1.54. The maximum atomic E-state index is 11.8. The van der Waals surface area contributed by atoms with E-state index < -0.39 is 36.5 Å². The molecule has 0 aliphatic rings. The predicted octanol–water partition coefficient (Wildman–Crippen LogP) is -1.62. The maximum Gasteiger partial charge on any atom is 0.322 e. The van der Waals surface area contributed by atoms with Crippen molar-refractivity contribution in [3.05, 3.63) is 35.4 Å². The molecular formula is C12H14N2O6. The average molecular weight is 282 g/mol. The minimum atomic E-state index is -1.87. The van der Waals surface area contributed by atoms with Gasteiger partial charge in [-0.05, 0) is 11.6 Å². The number of nitrogens with two attached hydrogens (primary N) is 1. The second-order valence-corrected chi connectivity index (χ2v) is 3.96. The van der Waals surface area contributed by atoms with Gasteiger partial charge in [0.2, 0.25) is 5.91 Å². The number of benzene rings is 1. The molecule has 2 unspecified atom stereocenters. The summed E-state index contributed by atoms with van der Waals surface area (Å²) < 4.78 is 0. The van der Waals surface area contributed by atoms with Crippen molar-refractivity contribution in [1.82, 2.24) is 5.32 Å². The van der Waals surface area contributed by atoms with Crippen molar-refractivity contribution in [3.63, 3.8) is 0 Å². The van der Waals surface area contributed by atoms with Crippen LogP contribution in [0.3, 0.4) is 0 Å². The number of carboxylic acid groups (broad SMARTS) is 1. The van der Waals surface area contributed by atoms with Gasteiger partial charge in [0, 0.05) is 5.56 Å². The molecule has 2 atom stereocenters. The van der Waals surface area contributed by atoms with Crippen LogP contribution in [0.15, 0.2) is 24.3 Å². The molecule has 0 aliphatic carbocycles. The molecule has 0 fully saturated rings. The third-order valence-corrected chi connectivity index (χ3v) is 2.51. The largest absolute Gasteiger partial charge is 0.480 e. The molecule has 1 rings (SSSR count). The van der Waals surface area contributed by atoms with Crippen LogP contribution in [-0.4, -0.2) is 45.8 Å². The van der Waals surface area contributed by atoms with E-state index >= 15 is 0 Å². The first-order valence-corrected chi connectivity index (χ1v) is 5.59. The van der Waals surface area contributed by atoms with Crippen molar-refractivity contribution in [2.75, 3.05) is 6.54 Å². The van der Waals surface area contributed by atoms with Crippen LogP contribution in [0, 0.1) is 0 Å². The Morgan fingerprint density at radius 2 is 1.80 bits per heavy atom. The summed E-state index contributed by atoms with van der Waals surface area (Å²) in [7, 11) is 0. The lowest BCUT2D eigenvalue weighted by Crippen LogP contribution is -2.35. The van der Waals surface area contributed by atoms with Crippen LogP contribution in [0.2, 0.25) is 0 Å². The molecule has 1 aromatic rings. The molecule has 0 saturated heterocycles. The molecular weight excluding hydrogens is 268 g/mol. The fourth-order valence-electron chi connectivity index (χ4n) is 1.54. The van der Waals surface area contributed by atoms with Crippen molar-refractivity contribution < 1.29 is 29.7 Å². The molecule has 0 aliphatic heterocycles. The molecule has 6 N–H and O–H groups in total. The van der Waals surface area contributed by atoms with E-state index in [2.05, 4.69) is 5.32 Å². The van der Waals surface area contributed by atoms with E-state index in [4.69, 9.17) is 10.8 Å². The van der Waals surface area contributed by atoms with Crippen molar-refractivity contribution in [1.29, 1.82) is 0 Å². The van der Waals surface area contributed by atoms with E-state index in [1.54, 1.807) is 0 Å². The maximum absolute atomic E-state index is 11.8. The van der Waals surface area contributed by atoms with E-state index in [0.29, 0.717) is 0 Å². The minimum absolute atomic E-state index is 0.0262. The Hall–Kier alpha value is -2.45. The highest BCUT2D eigenvalue weighted by atomic mass is 16.4. The molecule has 1 aromatic carbocycles. The van der Waals surface area contributed by atoms with Gasteiger partial charge < -0.3 is 26.4 Å². The third-order valence-electron chi connectivity index (χ3n) is 2.51. The van der Waals surface area contributed by atoms with Gasteiger partial charge in [0.15, 0.2) is 6.10 Å². The molecule has 8 heteroatoms. The first kappa shape index (κ1) is 15.6. The van der Waals surface area contributed by atoms with Gasteiger partial charge in [-0.3, -0.25) is 14.4 Å². The van der Waals surface area contributed by atoms with Crippen LogP contribution in [-0.2, 0) is 9.59 Å². The Balaban J connectivity index is 3.01. The molecule has 0 radical (unpaired) electrons. The first-order chi connectivity index (χ1) is 9.34. The van der Waals surface area contributed by atoms with E-state index in [1.165, 1.54) is 24.3 Å². The van der Waals surface area contributed by atoms with Gasteiger partial charge in [-0.2, -0.15) is 0 Å². The van der Waals surface area contributed by atoms with E-state index in [-0.39, 0.29) is 11.1 Å². The average Bonchev–Trinajstić information content (AvgIpc) is 2.42. The van der Waals surface area contributed by atoms with Crippen molar-refractivity contribution in [2.24, 2.45) is 5.73 Å². The normalized spacial score (nSPS) is 13.3. The molecule has 108 valence electrons. The summed E-state index contributed by atoms with van der Waals surface area (Å²) in [6.45, 7) is -0.596. The zero-order valence-electron chi connectivity index (χ0n) is 10.3. The van der Waals surface area contributed by atoms with Crippen LogP contribution in [0.25, 0.3) is 0 Å². The highest BCUT2D eigenvalue weighted by Crippen LogP contribution is 2.21. The number of carbonyl (C=O) groups is 3. The van der Waals surface area contributed by atoms with Gasteiger partial charge in [-0.15, -0.1) is 0 Å². The Kier molecular flexibility index (Phi) is 5.18. The van der Waals surface area contributed by atoms with Crippen molar-refractivity contribution >= 4 is 17.8 Å². The SMILES string of the molecule is NC(=O)C(O)C(O)c1ccccc1C(=O)NCC(=O)O. The lowest BCUT2D eigenvalue weighted by molar-refractivity contribution is -0.135. The number of nitrogens with one attached hydrogen (secondary N) is 1. The Labute approximate surface area is 113 Å². The number of carbonyl (C=O) groups excluding carboxylic acids is 2. The minimum Gasteiger partial charge on any atom is -0.480 e. The second-order valence-electron chi connectivity index (χ2n) is 3.96. The monoisotopic (exact) mass is 282 g/mol. The molecule has 2 amide bonds. The fraction of sp³-hybridized carbons (Fsp3) is 0.250. The summed E-state index contributed by atoms with van der Waals surface area (Å²) in [6.07, 6.45) is -3.55. The number of amides is 2. The second kappa shape index (κ2) is 6.64. The Morgan fingerprint density at radius 1 is 1.20 bits per heavy atom. The molecule has 0 spiro atoms. The van der Waals surface area contributed by atoms with Gasteiger partial charge in [-0.1, -0.05) is 18.2 Å². The number of hydrogen-bond donors (Lipinski definition) is 5. The number of primary amides is 1. The summed E-state index contributed by atoms with van der Waals surface area (Å²) in [5.74, 6) is -3.12. The topological polar surface area (TPSA) is 150 Å². The highest BCUT2D eigenvalue weighted by Gasteiger charge is 2.27. The smallest absolute Gasteiger partial charge is 0.322 e. The van der Waals surface area contributed by atoms with Crippen LogP contribution >= 0.6 is 0 Å². The van der Waals surface area contributed by atoms with Gasteiger partial charge in [0.25, 0.3) is 5.91 Å². The Morgan fingerprint density at radius 3 is 2.35 bits per heavy atom. The van der Waals surface area contributed by atoms with Gasteiger partial charge in [0.1, 0.15) is 12.6 Å². The number of hydrogen-bond acceptors (Lipinski definition) is 5. The van der Waals surface area contributed by atoms with Crippen molar-refractivity contribution in [2.45, 2.75) is 12.2 Å². The zero-order chi connectivity index (χ0) is 15.3. The van der Waals surface area contributed by atoms with Gasteiger partial charge in [-0.25, -0.2) is 0 Å². The summed E-state index contributed by atoms with van der Waals surface area (Å²) in [6, 6.07) is 5.62. The van der Waals surface area contributed by atoms with Gasteiger partial charge >= 0.3 is 5.97 Å². The van der Waals surface area contributed by atoms with Crippen LogP contribution in [0.4, 0.5) is 0 Å². The summed E-state index contributed by atoms with van der Waals surface area (Å²) >= 11 is 0. The predicted molar refractivity (Wildman–Crippen MR) is 66.6 cm³/mol.